The summed E-state index contributed by atoms with van der Waals surface area (Å²) in [5.41, 5.74) is 4.60. The fourth-order valence-electron chi connectivity index (χ4n) is 2.72. The Bertz CT molecular complexity index is 1080. The number of nitrogens with zero attached hydrogens (tertiary/aromatic N) is 3. The average Bonchev–Trinajstić information content (AvgIpc) is 2.79. The molecule has 0 saturated carbocycles. The maximum Gasteiger partial charge on any atom is 0.215 e. The van der Waals surface area contributed by atoms with Crippen LogP contribution in [0.1, 0.15) is 48.0 Å². The first-order chi connectivity index (χ1) is 15.6. The van der Waals surface area contributed by atoms with Gasteiger partial charge in [-0.05, 0) is 78.7 Å². The van der Waals surface area contributed by atoms with Crippen LogP contribution < -0.4 is 9.62 Å². The molecule has 0 saturated heterocycles. The number of aryl methyl sites for hydroxylation is 1. The van der Waals surface area contributed by atoms with Gasteiger partial charge in [0.15, 0.2) is 12.1 Å². The predicted molar refractivity (Wildman–Crippen MR) is 137 cm³/mol. The number of hydrogen-bond acceptors (Lipinski definition) is 6. The Kier molecular flexibility index (Phi) is 9.44. The number of carbonyl (C=O) groups excluding carboxylic acids is 2. The van der Waals surface area contributed by atoms with Gasteiger partial charge >= 0.3 is 0 Å². The molecular formula is C25H29ClN4O2S. The molecule has 0 aliphatic carbocycles. The first-order valence-electron chi connectivity index (χ1n) is 10.3. The van der Waals surface area contributed by atoms with E-state index >= 15 is 0 Å². The Labute approximate surface area is 204 Å². The van der Waals surface area contributed by atoms with Crippen LogP contribution in [0.2, 0.25) is 5.02 Å². The second-order valence-corrected chi connectivity index (χ2v) is 9.77. The second kappa shape index (κ2) is 11.8. The number of aromatic nitrogens is 2. The van der Waals surface area contributed by atoms with Crippen molar-refractivity contribution >= 4 is 47.8 Å². The lowest BCUT2D eigenvalue weighted by Gasteiger charge is -2.19. The van der Waals surface area contributed by atoms with E-state index in [1.165, 1.54) is 22.4 Å². The van der Waals surface area contributed by atoms with Gasteiger partial charge in [0.25, 0.3) is 0 Å². The first-order valence-corrected chi connectivity index (χ1v) is 11.5. The van der Waals surface area contributed by atoms with Gasteiger partial charge < -0.3 is 9.62 Å². The average molecular weight is 485 g/mol. The highest BCUT2D eigenvalue weighted by Crippen LogP contribution is 2.30. The van der Waals surface area contributed by atoms with Gasteiger partial charge in [-0.3, -0.25) is 9.59 Å². The third kappa shape index (κ3) is 7.58. The molecule has 6 nitrogen and oxygen atoms in total. The summed E-state index contributed by atoms with van der Waals surface area (Å²) in [5, 5.41) is 8.08. The monoisotopic (exact) mass is 484 g/mol. The number of nitrogens with one attached hydrogen (secondary N) is 1. The first kappa shape index (κ1) is 26.4. The Morgan fingerprint density at radius 3 is 2.15 bits per heavy atom. The number of halogens is 1. The van der Waals surface area contributed by atoms with Crippen molar-refractivity contribution < 1.29 is 9.59 Å². The molecule has 1 aromatic heterocycles. The summed E-state index contributed by atoms with van der Waals surface area (Å²) >= 11 is 7.54. The van der Waals surface area contributed by atoms with E-state index in [0.717, 1.165) is 28.1 Å². The summed E-state index contributed by atoms with van der Waals surface area (Å²) in [6.45, 7) is 10.3. The summed E-state index contributed by atoms with van der Waals surface area (Å²) in [6.07, 6.45) is 1.49. The fourth-order valence-corrected chi connectivity index (χ4v) is 3.69. The summed E-state index contributed by atoms with van der Waals surface area (Å²) in [6, 6.07) is 15.7. The highest BCUT2D eigenvalue weighted by atomic mass is 35.5. The van der Waals surface area contributed by atoms with Crippen LogP contribution in [-0.4, -0.2) is 29.9 Å². The zero-order valence-corrected chi connectivity index (χ0v) is 21.3. The number of hydrogen-bond donors (Lipinski definition) is 1. The molecule has 1 N–H and O–H groups in total. The van der Waals surface area contributed by atoms with Gasteiger partial charge in [0.1, 0.15) is 0 Å². The maximum absolute atomic E-state index is 11.1. The minimum atomic E-state index is 0.155. The molecule has 3 rings (SSSR count). The topological polar surface area (TPSA) is 75.2 Å². The van der Waals surface area contributed by atoms with E-state index in [1.807, 2.05) is 26.0 Å². The van der Waals surface area contributed by atoms with Crippen molar-refractivity contribution in [3.05, 3.63) is 75.9 Å². The number of amides is 1. The standard InChI is InChI=1S/C18H20ClNOS.C7H9N3O/c1-12-15(11-21)16(19)9-10-17(12)20-22-14-7-5-13(6-8-14)18(2,3)4;1-6-3-4-7(9-8-6)10(2)5-11/h5-11,20H,1-4H3;3-5H,1-2H3. The van der Waals surface area contributed by atoms with Gasteiger partial charge in [0.05, 0.1) is 10.7 Å². The third-order valence-electron chi connectivity index (χ3n) is 4.88. The van der Waals surface area contributed by atoms with Crippen molar-refractivity contribution in [3.8, 4) is 0 Å². The van der Waals surface area contributed by atoms with Crippen molar-refractivity contribution in [2.45, 2.75) is 44.9 Å². The van der Waals surface area contributed by atoms with Crippen LogP contribution in [0, 0.1) is 13.8 Å². The van der Waals surface area contributed by atoms with Gasteiger partial charge in [0, 0.05) is 23.2 Å². The minimum Gasteiger partial charge on any atom is -0.325 e. The molecule has 0 unspecified atom stereocenters. The van der Waals surface area contributed by atoms with Crippen LogP contribution in [0.15, 0.2) is 53.4 Å². The van der Waals surface area contributed by atoms with Crippen molar-refractivity contribution in [2.24, 2.45) is 0 Å². The molecule has 0 fully saturated rings. The van der Waals surface area contributed by atoms with E-state index in [4.69, 9.17) is 11.6 Å². The Morgan fingerprint density at radius 1 is 0.970 bits per heavy atom. The lowest BCUT2D eigenvalue weighted by atomic mass is 9.87. The number of rotatable bonds is 6. The van der Waals surface area contributed by atoms with E-state index < -0.39 is 0 Å². The Balaban J connectivity index is 0.000000294. The SMILES string of the molecule is Cc1c(NSc2ccc(C(C)(C)C)cc2)ccc(Cl)c1C=O.Cc1ccc(N(C)C=O)nn1. The molecule has 0 aliphatic rings. The van der Waals surface area contributed by atoms with Crippen LogP contribution in [0.25, 0.3) is 0 Å². The summed E-state index contributed by atoms with van der Waals surface area (Å²) < 4.78 is 3.29. The largest absolute Gasteiger partial charge is 0.325 e. The molecule has 174 valence electrons. The maximum atomic E-state index is 11.1. The van der Waals surface area contributed by atoms with E-state index in [9.17, 15) is 9.59 Å². The van der Waals surface area contributed by atoms with Crippen molar-refractivity contribution in [1.29, 1.82) is 0 Å². The molecule has 0 aliphatic heterocycles. The molecule has 2 aromatic carbocycles. The zero-order valence-electron chi connectivity index (χ0n) is 19.7. The van der Waals surface area contributed by atoms with Crippen LogP contribution in [-0.2, 0) is 10.2 Å². The highest BCUT2D eigenvalue weighted by Gasteiger charge is 2.13. The molecule has 8 heteroatoms. The van der Waals surface area contributed by atoms with E-state index in [1.54, 1.807) is 19.2 Å². The lowest BCUT2D eigenvalue weighted by molar-refractivity contribution is -0.107. The molecule has 0 radical (unpaired) electrons. The molecule has 0 atom stereocenters. The van der Waals surface area contributed by atoms with Crippen molar-refractivity contribution in [1.82, 2.24) is 10.2 Å². The Morgan fingerprint density at radius 2 is 1.64 bits per heavy atom. The molecule has 1 amide bonds. The molecule has 33 heavy (non-hydrogen) atoms. The van der Waals surface area contributed by atoms with E-state index in [2.05, 4.69) is 60.0 Å². The summed E-state index contributed by atoms with van der Waals surface area (Å²) in [7, 11) is 1.63. The van der Waals surface area contributed by atoms with E-state index in [-0.39, 0.29) is 5.41 Å². The predicted octanol–water partition coefficient (Wildman–Crippen LogP) is 6.26. The van der Waals surface area contributed by atoms with Crippen molar-refractivity contribution in [2.75, 3.05) is 16.7 Å². The third-order valence-corrected chi connectivity index (χ3v) is 6.04. The zero-order chi connectivity index (χ0) is 24.6. The normalized spacial score (nSPS) is 10.6. The lowest BCUT2D eigenvalue weighted by Crippen LogP contribution is -2.15. The smallest absolute Gasteiger partial charge is 0.215 e. The van der Waals surface area contributed by atoms with Crippen LogP contribution in [0.4, 0.5) is 11.5 Å². The van der Waals surface area contributed by atoms with Crippen LogP contribution in [0.3, 0.4) is 0 Å². The second-order valence-electron chi connectivity index (χ2n) is 8.48. The van der Waals surface area contributed by atoms with Crippen LogP contribution in [0.5, 0.6) is 0 Å². The minimum absolute atomic E-state index is 0.155. The quantitative estimate of drug-likeness (QED) is 0.329. The van der Waals surface area contributed by atoms with Gasteiger partial charge in [-0.2, -0.15) is 5.10 Å². The van der Waals surface area contributed by atoms with Crippen LogP contribution >= 0.6 is 23.5 Å². The highest BCUT2D eigenvalue weighted by molar-refractivity contribution is 8.00. The van der Waals surface area contributed by atoms with E-state index in [0.29, 0.717) is 22.8 Å². The molecule has 0 bridgehead atoms. The molecule has 0 spiro atoms. The molecular weight excluding hydrogens is 456 g/mol. The van der Waals surface area contributed by atoms with Crippen molar-refractivity contribution in [3.63, 3.8) is 0 Å². The number of benzene rings is 2. The summed E-state index contributed by atoms with van der Waals surface area (Å²) in [5.74, 6) is 0.561. The van der Waals surface area contributed by atoms with Gasteiger partial charge in [-0.15, -0.1) is 5.10 Å². The number of carbonyl (C=O) groups is 2. The van der Waals surface area contributed by atoms with Gasteiger partial charge in [0.2, 0.25) is 6.41 Å². The molecule has 3 aromatic rings. The van der Waals surface area contributed by atoms with Gasteiger partial charge in [-0.1, -0.05) is 44.5 Å². The summed E-state index contributed by atoms with van der Waals surface area (Å²) in [4.78, 5) is 23.8. The number of anilines is 2. The number of aldehydes is 1. The Hall–Kier alpha value is -2.90. The molecule has 1 heterocycles. The van der Waals surface area contributed by atoms with Gasteiger partial charge in [-0.25, -0.2) is 0 Å². The fraction of sp³-hybridized carbons (Fsp3) is 0.280.